The van der Waals surface area contributed by atoms with Gasteiger partial charge >= 0.3 is 0 Å². The van der Waals surface area contributed by atoms with Gasteiger partial charge in [-0.05, 0) is 47.5 Å². The zero-order valence-electron chi connectivity index (χ0n) is 16.5. The van der Waals surface area contributed by atoms with E-state index in [2.05, 4.69) is 11.1 Å². The largest absolute Gasteiger partial charge is 0.463 e. The highest BCUT2D eigenvalue weighted by atomic mass is 19.1. The molecule has 0 saturated carbocycles. The topological polar surface area (TPSA) is 43.4 Å². The number of rotatable bonds is 5. The van der Waals surface area contributed by atoms with Gasteiger partial charge in [0.05, 0.1) is 25.2 Å². The van der Waals surface area contributed by atoms with Crippen LogP contribution in [0.15, 0.2) is 77.5 Å². The minimum absolute atomic E-state index is 0.231. The van der Waals surface area contributed by atoms with Gasteiger partial charge in [0.1, 0.15) is 11.5 Å². The molecule has 5 nitrogen and oxygen atoms in total. The Morgan fingerprint density at radius 1 is 0.900 bits per heavy atom. The Kier molecular flexibility index (Phi) is 5.17. The maximum Gasteiger partial charge on any atom is 0.154 e. The predicted octanol–water partition coefficient (Wildman–Crippen LogP) is 4.77. The molecule has 6 heteroatoms. The standard InChI is InChI=1S/C24H22FN3O2/c25-21-7-3-18(4-8-21)19-5-9-22(10-6-19)28-17-20(16-27-11-14-29-15-12-27)24(26-28)23-2-1-13-30-23/h1-10,13,17H,11-12,14-16H2. The normalized spacial score (nSPS) is 14.8. The third-order valence-electron chi connectivity index (χ3n) is 5.35. The van der Waals surface area contributed by atoms with Crippen LogP contribution in [0.25, 0.3) is 28.3 Å². The van der Waals surface area contributed by atoms with Crippen LogP contribution in [0.3, 0.4) is 0 Å². The first-order valence-electron chi connectivity index (χ1n) is 10.1. The van der Waals surface area contributed by atoms with E-state index in [0.29, 0.717) is 0 Å². The van der Waals surface area contributed by atoms with Gasteiger partial charge in [-0.2, -0.15) is 5.10 Å². The van der Waals surface area contributed by atoms with Crippen LogP contribution in [0.5, 0.6) is 0 Å². The van der Waals surface area contributed by atoms with E-state index >= 15 is 0 Å². The molecule has 1 fully saturated rings. The Labute approximate surface area is 174 Å². The van der Waals surface area contributed by atoms with Crippen molar-refractivity contribution in [2.75, 3.05) is 26.3 Å². The van der Waals surface area contributed by atoms with Crippen molar-refractivity contribution < 1.29 is 13.5 Å². The predicted molar refractivity (Wildman–Crippen MR) is 113 cm³/mol. The van der Waals surface area contributed by atoms with Crippen LogP contribution in [0, 0.1) is 5.82 Å². The number of aromatic nitrogens is 2. The van der Waals surface area contributed by atoms with Gasteiger partial charge < -0.3 is 9.15 Å². The number of morpholine rings is 1. The average molecular weight is 403 g/mol. The lowest BCUT2D eigenvalue weighted by Crippen LogP contribution is -2.35. The summed E-state index contributed by atoms with van der Waals surface area (Å²) in [6, 6.07) is 18.4. The molecule has 2 aromatic heterocycles. The molecule has 0 spiro atoms. The average Bonchev–Trinajstić information content (AvgIpc) is 3.45. The van der Waals surface area contributed by atoms with Gasteiger partial charge in [-0.15, -0.1) is 0 Å². The molecule has 2 aromatic carbocycles. The number of ether oxygens (including phenoxy) is 1. The van der Waals surface area contributed by atoms with Crippen molar-refractivity contribution in [2.24, 2.45) is 0 Å². The van der Waals surface area contributed by atoms with Gasteiger partial charge in [-0.25, -0.2) is 9.07 Å². The maximum absolute atomic E-state index is 13.2. The van der Waals surface area contributed by atoms with Crippen LogP contribution >= 0.6 is 0 Å². The molecule has 0 unspecified atom stereocenters. The van der Waals surface area contributed by atoms with E-state index in [-0.39, 0.29) is 5.82 Å². The molecule has 0 aliphatic carbocycles. The third-order valence-corrected chi connectivity index (χ3v) is 5.35. The second kappa shape index (κ2) is 8.26. The van der Waals surface area contributed by atoms with Gasteiger partial charge in [0.25, 0.3) is 0 Å². The molecule has 5 rings (SSSR count). The quantitative estimate of drug-likeness (QED) is 0.481. The molecular weight excluding hydrogens is 381 g/mol. The summed E-state index contributed by atoms with van der Waals surface area (Å²) in [5.74, 6) is 0.533. The lowest BCUT2D eigenvalue weighted by molar-refractivity contribution is 0.0342. The van der Waals surface area contributed by atoms with E-state index in [1.54, 1.807) is 18.4 Å². The lowest BCUT2D eigenvalue weighted by atomic mass is 10.1. The molecule has 30 heavy (non-hydrogen) atoms. The number of hydrogen-bond acceptors (Lipinski definition) is 4. The van der Waals surface area contributed by atoms with Gasteiger partial charge in [0.15, 0.2) is 5.76 Å². The zero-order valence-corrected chi connectivity index (χ0v) is 16.5. The first kappa shape index (κ1) is 18.8. The Morgan fingerprint density at radius 3 is 2.27 bits per heavy atom. The van der Waals surface area contributed by atoms with Crippen molar-refractivity contribution in [1.29, 1.82) is 0 Å². The number of halogens is 1. The summed E-state index contributed by atoms with van der Waals surface area (Å²) in [7, 11) is 0. The van der Waals surface area contributed by atoms with Crippen LogP contribution in [0.2, 0.25) is 0 Å². The molecule has 0 atom stereocenters. The van der Waals surface area contributed by atoms with Crippen LogP contribution in [-0.4, -0.2) is 41.0 Å². The highest BCUT2D eigenvalue weighted by molar-refractivity contribution is 5.65. The number of benzene rings is 2. The molecule has 3 heterocycles. The van der Waals surface area contributed by atoms with E-state index in [1.807, 2.05) is 41.1 Å². The summed E-state index contributed by atoms with van der Waals surface area (Å²) in [5, 5.41) is 4.82. The van der Waals surface area contributed by atoms with E-state index in [4.69, 9.17) is 14.3 Å². The zero-order chi connectivity index (χ0) is 20.3. The molecule has 0 amide bonds. The lowest BCUT2D eigenvalue weighted by Gasteiger charge is -2.26. The first-order chi connectivity index (χ1) is 14.8. The molecule has 1 saturated heterocycles. The van der Waals surface area contributed by atoms with Crippen LogP contribution in [0.1, 0.15) is 5.56 Å². The molecule has 1 aliphatic rings. The highest BCUT2D eigenvalue weighted by Gasteiger charge is 2.19. The minimum atomic E-state index is -0.231. The first-order valence-corrected chi connectivity index (χ1v) is 10.1. The second-order valence-corrected chi connectivity index (χ2v) is 7.37. The fourth-order valence-corrected chi connectivity index (χ4v) is 3.73. The number of furan rings is 1. The summed E-state index contributed by atoms with van der Waals surface area (Å²) in [6.45, 7) is 4.14. The fourth-order valence-electron chi connectivity index (χ4n) is 3.73. The summed E-state index contributed by atoms with van der Waals surface area (Å²) >= 11 is 0. The Bertz CT molecular complexity index is 1100. The van der Waals surface area contributed by atoms with Crippen molar-refractivity contribution in [3.63, 3.8) is 0 Å². The van der Waals surface area contributed by atoms with E-state index < -0.39 is 0 Å². The van der Waals surface area contributed by atoms with Gasteiger partial charge in [-0.1, -0.05) is 24.3 Å². The Balaban J connectivity index is 1.45. The van der Waals surface area contributed by atoms with Crippen LogP contribution in [-0.2, 0) is 11.3 Å². The van der Waals surface area contributed by atoms with Crippen molar-refractivity contribution in [3.8, 4) is 28.3 Å². The van der Waals surface area contributed by atoms with Crippen molar-refractivity contribution in [2.45, 2.75) is 6.54 Å². The van der Waals surface area contributed by atoms with Crippen LogP contribution < -0.4 is 0 Å². The molecule has 4 aromatic rings. The highest BCUT2D eigenvalue weighted by Crippen LogP contribution is 2.27. The molecule has 1 aliphatic heterocycles. The Morgan fingerprint density at radius 2 is 1.60 bits per heavy atom. The van der Waals surface area contributed by atoms with Gasteiger partial charge in [-0.3, -0.25) is 4.90 Å². The monoisotopic (exact) mass is 403 g/mol. The smallest absolute Gasteiger partial charge is 0.154 e. The summed E-state index contributed by atoms with van der Waals surface area (Å²) < 4.78 is 26.2. The number of hydrogen-bond donors (Lipinski definition) is 0. The van der Waals surface area contributed by atoms with E-state index in [9.17, 15) is 4.39 Å². The SMILES string of the molecule is Fc1ccc(-c2ccc(-n3cc(CN4CCOCC4)c(-c4ccco4)n3)cc2)cc1. The summed E-state index contributed by atoms with van der Waals surface area (Å²) in [4.78, 5) is 2.37. The summed E-state index contributed by atoms with van der Waals surface area (Å²) in [6.07, 6.45) is 3.74. The minimum Gasteiger partial charge on any atom is -0.463 e. The molecule has 152 valence electrons. The molecular formula is C24H22FN3O2. The van der Waals surface area contributed by atoms with E-state index in [1.165, 1.54) is 12.1 Å². The number of nitrogens with zero attached hydrogens (tertiary/aromatic N) is 3. The molecule has 0 radical (unpaired) electrons. The molecule has 0 bridgehead atoms. The van der Waals surface area contributed by atoms with Crippen LogP contribution in [0.4, 0.5) is 4.39 Å². The molecule has 0 N–H and O–H groups in total. The van der Waals surface area contributed by atoms with E-state index in [0.717, 1.165) is 66.7 Å². The van der Waals surface area contributed by atoms with Gasteiger partial charge in [0.2, 0.25) is 0 Å². The van der Waals surface area contributed by atoms with Crippen molar-refractivity contribution >= 4 is 0 Å². The fraction of sp³-hybridized carbons (Fsp3) is 0.208. The maximum atomic E-state index is 13.2. The summed E-state index contributed by atoms with van der Waals surface area (Å²) in [5.41, 5.74) is 4.95. The second-order valence-electron chi connectivity index (χ2n) is 7.37. The van der Waals surface area contributed by atoms with Gasteiger partial charge in [0, 0.05) is 31.4 Å². The Hall–Kier alpha value is -3.22. The third kappa shape index (κ3) is 3.92. The van der Waals surface area contributed by atoms with Crippen molar-refractivity contribution in [3.05, 3.63) is 84.5 Å². The van der Waals surface area contributed by atoms with Crippen molar-refractivity contribution in [1.82, 2.24) is 14.7 Å².